The largest absolute Gasteiger partial charge is 0.478 e. The number of carboxylic acid groups (broad SMARTS) is 1. The summed E-state index contributed by atoms with van der Waals surface area (Å²) in [6.07, 6.45) is 0. The highest BCUT2D eigenvalue weighted by Gasteiger charge is 2.29. The molecule has 4 aromatic rings. The number of benzene rings is 4. The number of thioether (sulfide) groups is 1. The molecule has 0 fully saturated rings. The molecule has 0 bridgehead atoms. The van der Waals surface area contributed by atoms with Crippen molar-refractivity contribution in [1.29, 1.82) is 0 Å². The fourth-order valence-corrected chi connectivity index (χ4v) is 6.02. The van der Waals surface area contributed by atoms with Gasteiger partial charge >= 0.3 is 5.97 Å². The Morgan fingerprint density at radius 2 is 1.34 bits per heavy atom. The predicted molar refractivity (Wildman–Crippen MR) is 167 cm³/mol. The Balaban J connectivity index is 1.57. The van der Waals surface area contributed by atoms with E-state index in [2.05, 4.69) is 10.6 Å². The number of nitrogens with one attached hydrogen (secondary N) is 2. The Hall–Kier alpha value is -3.20. The molecule has 2 amide bonds. The number of carbonyl (C=O) groups is 3. The van der Waals surface area contributed by atoms with Gasteiger partial charge in [0.15, 0.2) is 0 Å². The lowest BCUT2D eigenvalue weighted by Gasteiger charge is -2.19. The third-order valence-electron chi connectivity index (χ3n) is 6.28. The van der Waals surface area contributed by atoms with E-state index in [4.69, 9.17) is 46.4 Å². The van der Waals surface area contributed by atoms with Crippen LogP contribution in [0.25, 0.3) is 0 Å². The highest BCUT2D eigenvalue weighted by Crippen LogP contribution is 2.42. The second kappa shape index (κ2) is 13.2. The molecule has 210 valence electrons. The van der Waals surface area contributed by atoms with Gasteiger partial charge in [-0.25, -0.2) is 4.79 Å². The molecular weight excluding hydrogens is 626 g/mol. The predicted octanol–water partition coefficient (Wildman–Crippen LogP) is 9.34. The fourth-order valence-electron chi connectivity index (χ4n) is 3.98. The molecule has 4 rings (SSSR count). The number of aryl methyl sites for hydroxylation is 1. The number of anilines is 2. The van der Waals surface area contributed by atoms with E-state index in [0.29, 0.717) is 5.69 Å². The number of carbonyl (C=O) groups excluding carboxylic acids is 2. The minimum atomic E-state index is -1.49. The average Bonchev–Trinajstić information content (AvgIpc) is 2.95. The van der Waals surface area contributed by atoms with Gasteiger partial charge in [0.05, 0.1) is 31.2 Å². The molecule has 4 aromatic carbocycles. The van der Waals surface area contributed by atoms with E-state index in [9.17, 15) is 19.5 Å². The summed E-state index contributed by atoms with van der Waals surface area (Å²) in [4.78, 5) is 39.1. The average molecular weight is 648 g/mol. The van der Waals surface area contributed by atoms with Gasteiger partial charge in [-0.1, -0.05) is 88.9 Å². The van der Waals surface area contributed by atoms with Gasteiger partial charge in [0.1, 0.15) is 5.25 Å². The van der Waals surface area contributed by atoms with Gasteiger partial charge in [0.2, 0.25) is 5.91 Å². The maximum Gasteiger partial charge on any atom is 0.338 e. The van der Waals surface area contributed by atoms with Crippen molar-refractivity contribution < 1.29 is 19.5 Å². The van der Waals surface area contributed by atoms with Gasteiger partial charge in [0.25, 0.3) is 5.91 Å². The SMILES string of the molecule is Cc1cccc(NC(=O)C(Sc2ccc(NC(=O)c3c(Cl)c(Cl)c(Cl)c(Cl)c3C(=O)O)cc2)c2ccccc2)c1C. The molecule has 0 radical (unpaired) electrons. The van der Waals surface area contributed by atoms with Crippen LogP contribution in [0.15, 0.2) is 77.7 Å². The lowest BCUT2D eigenvalue weighted by atomic mass is 10.1. The minimum absolute atomic E-state index is 0.181. The van der Waals surface area contributed by atoms with Gasteiger partial charge < -0.3 is 15.7 Å². The van der Waals surface area contributed by atoms with E-state index in [0.717, 1.165) is 27.3 Å². The summed E-state index contributed by atoms with van der Waals surface area (Å²) in [7, 11) is 0. The van der Waals surface area contributed by atoms with Crippen molar-refractivity contribution in [1.82, 2.24) is 0 Å². The van der Waals surface area contributed by atoms with Gasteiger partial charge in [-0.15, -0.1) is 11.8 Å². The molecule has 0 saturated carbocycles. The maximum absolute atomic E-state index is 13.5. The normalized spacial score (nSPS) is 11.6. The molecule has 11 heteroatoms. The molecule has 0 aliphatic rings. The number of aromatic carboxylic acids is 1. The van der Waals surface area contributed by atoms with Crippen LogP contribution < -0.4 is 10.6 Å². The van der Waals surface area contributed by atoms with Crippen LogP contribution in [-0.4, -0.2) is 22.9 Å². The summed E-state index contributed by atoms with van der Waals surface area (Å²) in [6, 6.07) is 21.9. The third-order valence-corrected chi connectivity index (χ3v) is 9.35. The number of rotatable bonds is 8. The van der Waals surface area contributed by atoms with Crippen LogP contribution >= 0.6 is 58.2 Å². The van der Waals surface area contributed by atoms with Crippen LogP contribution in [0.4, 0.5) is 11.4 Å². The van der Waals surface area contributed by atoms with E-state index in [1.807, 2.05) is 62.4 Å². The minimum Gasteiger partial charge on any atom is -0.478 e. The summed E-state index contributed by atoms with van der Waals surface area (Å²) in [6.45, 7) is 3.95. The molecular formula is C30H22Cl4N2O4S. The first-order valence-electron chi connectivity index (χ1n) is 12.1. The number of carboxylic acids is 1. The Morgan fingerprint density at radius 1 is 0.732 bits per heavy atom. The highest BCUT2D eigenvalue weighted by atomic mass is 35.5. The molecule has 1 unspecified atom stereocenters. The number of amides is 2. The smallest absolute Gasteiger partial charge is 0.338 e. The molecule has 1 atom stereocenters. The molecule has 0 aliphatic heterocycles. The molecule has 0 heterocycles. The van der Waals surface area contributed by atoms with Crippen molar-refractivity contribution in [3.8, 4) is 0 Å². The number of hydrogen-bond donors (Lipinski definition) is 3. The zero-order valence-corrected chi connectivity index (χ0v) is 25.4. The van der Waals surface area contributed by atoms with Crippen LogP contribution in [0.5, 0.6) is 0 Å². The van der Waals surface area contributed by atoms with Gasteiger partial charge in [-0.05, 0) is 60.9 Å². The fraction of sp³-hybridized carbons (Fsp3) is 0.100. The van der Waals surface area contributed by atoms with E-state index in [1.54, 1.807) is 24.3 Å². The molecule has 0 aromatic heterocycles. The molecule has 0 aliphatic carbocycles. The van der Waals surface area contributed by atoms with E-state index in [1.165, 1.54) is 11.8 Å². The lowest BCUT2D eigenvalue weighted by molar-refractivity contribution is -0.115. The zero-order valence-electron chi connectivity index (χ0n) is 21.6. The van der Waals surface area contributed by atoms with Crippen LogP contribution in [0.1, 0.15) is 42.7 Å². The summed E-state index contributed by atoms with van der Waals surface area (Å²) >= 11 is 25.6. The quantitative estimate of drug-likeness (QED) is 0.101. The molecule has 41 heavy (non-hydrogen) atoms. The first kappa shape index (κ1) is 30.8. The Kier molecular flexibility index (Phi) is 9.89. The van der Waals surface area contributed by atoms with Crippen LogP contribution in [0.2, 0.25) is 20.1 Å². The lowest BCUT2D eigenvalue weighted by Crippen LogP contribution is -2.19. The zero-order chi connectivity index (χ0) is 29.8. The summed E-state index contributed by atoms with van der Waals surface area (Å²) in [5.41, 5.74) is 3.02. The topological polar surface area (TPSA) is 95.5 Å². The van der Waals surface area contributed by atoms with E-state index in [-0.39, 0.29) is 21.0 Å². The van der Waals surface area contributed by atoms with E-state index < -0.39 is 33.3 Å². The Morgan fingerprint density at radius 3 is 1.95 bits per heavy atom. The summed E-state index contributed by atoms with van der Waals surface area (Å²) in [5, 5.41) is 13.5. The standard InChI is InChI=1S/C30H22Cl4N2O4S/c1-15-7-6-10-20(16(15)2)36-29(38)27(17-8-4-3-5-9-17)41-19-13-11-18(12-14-19)35-28(37)21-22(30(39)40)24(32)26(34)25(33)23(21)31/h3-14,27H,1-2H3,(H,35,37)(H,36,38)(H,39,40). The van der Waals surface area contributed by atoms with Crippen LogP contribution in [-0.2, 0) is 4.79 Å². The third kappa shape index (κ3) is 6.83. The number of hydrogen-bond acceptors (Lipinski definition) is 4. The van der Waals surface area contributed by atoms with Crippen LogP contribution in [0.3, 0.4) is 0 Å². The molecule has 0 spiro atoms. The number of halogens is 4. The van der Waals surface area contributed by atoms with Crippen LogP contribution in [0, 0.1) is 13.8 Å². The van der Waals surface area contributed by atoms with Gasteiger partial charge in [-0.2, -0.15) is 0 Å². The second-order valence-electron chi connectivity index (χ2n) is 8.93. The van der Waals surface area contributed by atoms with Gasteiger partial charge in [-0.3, -0.25) is 9.59 Å². The monoisotopic (exact) mass is 646 g/mol. The highest BCUT2D eigenvalue weighted by molar-refractivity contribution is 8.00. The summed E-state index contributed by atoms with van der Waals surface area (Å²) < 4.78 is 0. The van der Waals surface area contributed by atoms with E-state index >= 15 is 0 Å². The molecule has 3 N–H and O–H groups in total. The van der Waals surface area contributed by atoms with Gasteiger partial charge in [0, 0.05) is 16.3 Å². The van der Waals surface area contributed by atoms with Crippen molar-refractivity contribution in [3.05, 3.63) is 121 Å². The van der Waals surface area contributed by atoms with Crippen molar-refractivity contribution in [2.45, 2.75) is 24.0 Å². The first-order valence-corrected chi connectivity index (χ1v) is 14.5. The van der Waals surface area contributed by atoms with Crippen molar-refractivity contribution in [2.24, 2.45) is 0 Å². The summed E-state index contributed by atoms with van der Waals surface area (Å²) in [5.74, 6) is -2.50. The molecule has 6 nitrogen and oxygen atoms in total. The van der Waals surface area contributed by atoms with Crippen molar-refractivity contribution in [2.75, 3.05) is 10.6 Å². The first-order chi connectivity index (χ1) is 19.5. The molecule has 0 saturated heterocycles. The van der Waals surface area contributed by atoms with Crippen molar-refractivity contribution >= 4 is 87.3 Å². The van der Waals surface area contributed by atoms with Crippen molar-refractivity contribution in [3.63, 3.8) is 0 Å². The Labute approximate surface area is 261 Å². The maximum atomic E-state index is 13.5. The second-order valence-corrected chi connectivity index (χ2v) is 11.6. The Bertz CT molecular complexity index is 1650.